The molecule has 0 spiro atoms. The number of unbranched alkanes of at least 4 members (excludes halogenated alkanes) is 1. The number of hydrogen-bond acceptors (Lipinski definition) is 2. The Morgan fingerprint density at radius 1 is 1.50 bits per heavy atom. The second kappa shape index (κ2) is 5.14. The minimum atomic E-state index is -0.0492. The molecule has 1 N–H and O–H groups in total. The van der Waals surface area contributed by atoms with Gasteiger partial charge in [0.15, 0.2) is 0 Å². The fraction of sp³-hybridized carbons (Fsp3) is 0.667. The number of amides is 1. The van der Waals surface area contributed by atoms with Crippen molar-refractivity contribution in [2.24, 2.45) is 0 Å². The Hall–Kier alpha value is -1.32. The zero-order chi connectivity index (χ0) is 12.2. The highest BCUT2D eigenvalue weighted by atomic mass is 16.1. The molecular weight excluding hydrogens is 202 g/mol. The SMILES string of the molecule is CCCCC(=O)Nc1cnn(C(C)(C)C)c1. The van der Waals surface area contributed by atoms with Gasteiger partial charge in [0, 0.05) is 12.6 Å². The van der Waals surface area contributed by atoms with Crippen molar-refractivity contribution in [3.8, 4) is 0 Å². The third kappa shape index (κ3) is 3.68. The van der Waals surface area contributed by atoms with Crippen LogP contribution in [0.15, 0.2) is 12.4 Å². The molecule has 0 fully saturated rings. The van der Waals surface area contributed by atoms with E-state index < -0.39 is 0 Å². The van der Waals surface area contributed by atoms with Crippen LogP contribution in [0.5, 0.6) is 0 Å². The fourth-order valence-corrected chi connectivity index (χ4v) is 1.32. The van der Waals surface area contributed by atoms with Crippen LogP contribution in [0.1, 0.15) is 47.0 Å². The second-order valence-corrected chi connectivity index (χ2v) is 5.00. The highest BCUT2D eigenvalue weighted by Crippen LogP contribution is 2.15. The van der Waals surface area contributed by atoms with E-state index in [1.54, 1.807) is 6.20 Å². The Balaban J connectivity index is 2.56. The van der Waals surface area contributed by atoms with Crippen molar-refractivity contribution in [3.05, 3.63) is 12.4 Å². The Bertz CT molecular complexity index is 349. The summed E-state index contributed by atoms with van der Waals surface area (Å²) < 4.78 is 1.85. The lowest BCUT2D eigenvalue weighted by atomic mass is 10.1. The van der Waals surface area contributed by atoms with Crippen LogP contribution in [0.2, 0.25) is 0 Å². The summed E-state index contributed by atoms with van der Waals surface area (Å²) >= 11 is 0. The summed E-state index contributed by atoms with van der Waals surface area (Å²) in [5, 5.41) is 7.07. The molecule has 1 aromatic rings. The van der Waals surface area contributed by atoms with Crippen molar-refractivity contribution in [2.45, 2.75) is 52.5 Å². The monoisotopic (exact) mass is 223 g/mol. The van der Waals surface area contributed by atoms with Gasteiger partial charge in [-0.25, -0.2) is 0 Å². The van der Waals surface area contributed by atoms with Gasteiger partial charge in [-0.15, -0.1) is 0 Å². The molecule has 0 atom stereocenters. The minimum Gasteiger partial charge on any atom is -0.323 e. The minimum absolute atomic E-state index is 0.0492. The molecule has 0 unspecified atom stereocenters. The van der Waals surface area contributed by atoms with Crippen LogP contribution in [-0.4, -0.2) is 15.7 Å². The first-order valence-electron chi connectivity index (χ1n) is 5.78. The number of carbonyl (C=O) groups is 1. The lowest BCUT2D eigenvalue weighted by molar-refractivity contribution is -0.116. The maximum atomic E-state index is 11.5. The number of hydrogen-bond donors (Lipinski definition) is 1. The molecule has 0 bridgehead atoms. The standard InChI is InChI=1S/C12H21N3O/c1-5-6-7-11(16)14-10-8-13-15(9-10)12(2,3)4/h8-9H,5-7H2,1-4H3,(H,14,16). The molecular formula is C12H21N3O. The van der Waals surface area contributed by atoms with Gasteiger partial charge in [-0.2, -0.15) is 5.10 Å². The zero-order valence-electron chi connectivity index (χ0n) is 10.6. The summed E-state index contributed by atoms with van der Waals surface area (Å²) in [4.78, 5) is 11.5. The van der Waals surface area contributed by atoms with Gasteiger partial charge in [0.05, 0.1) is 17.4 Å². The van der Waals surface area contributed by atoms with E-state index in [1.807, 2.05) is 10.9 Å². The number of rotatable bonds is 4. The molecule has 1 heterocycles. The van der Waals surface area contributed by atoms with Crippen LogP contribution in [0.25, 0.3) is 0 Å². The third-order valence-electron chi connectivity index (χ3n) is 2.31. The predicted octanol–water partition coefficient (Wildman–Crippen LogP) is 2.77. The summed E-state index contributed by atoms with van der Waals surface area (Å²) in [6.45, 7) is 8.29. The average molecular weight is 223 g/mol. The van der Waals surface area contributed by atoms with Gasteiger partial charge < -0.3 is 5.32 Å². The Kier molecular flexibility index (Phi) is 4.10. The number of carbonyl (C=O) groups excluding carboxylic acids is 1. The molecule has 0 saturated carbocycles. The van der Waals surface area contributed by atoms with Crippen molar-refractivity contribution < 1.29 is 4.79 Å². The first kappa shape index (κ1) is 12.7. The molecule has 0 saturated heterocycles. The topological polar surface area (TPSA) is 46.9 Å². The molecule has 0 aliphatic carbocycles. The van der Waals surface area contributed by atoms with Gasteiger partial charge in [-0.3, -0.25) is 9.48 Å². The van der Waals surface area contributed by atoms with Crippen molar-refractivity contribution in [1.82, 2.24) is 9.78 Å². The summed E-state index contributed by atoms with van der Waals surface area (Å²) in [6, 6.07) is 0. The van der Waals surface area contributed by atoms with Crippen LogP contribution >= 0.6 is 0 Å². The van der Waals surface area contributed by atoms with Crippen molar-refractivity contribution in [3.63, 3.8) is 0 Å². The van der Waals surface area contributed by atoms with E-state index in [4.69, 9.17) is 0 Å². The molecule has 90 valence electrons. The van der Waals surface area contributed by atoms with Crippen LogP contribution in [-0.2, 0) is 10.3 Å². The summed E-state index contributed by atoms with van der Waals surface area (Å²) in [6.07, 6.45) is 6.10. The second-order valence-electron chi connectivity index (χ2n) is 5.00. The summed E-state index contributed by atoms with van der Waals surface area (Å²) in [7, 11) is 0. The zero-order valence-corrected chi connectivity index (χ0v) is 10.6. The Morgan fingerprint density at radius 2 is 2.19 bits per heavy atom. The van der Waals surface area contributed by atoms with E-state index in [1.165, 1.54) is 0 Å². The van der Waals surface area contributed by atoms with Crippen LogP contribution in [0.4, 0.5) is 5.69 Å². The molecule has 0 aromatic carbocycles. The average Bonchev–Trinajstić information content (AvgIpc) is 2.62. The van der Waals surface area contributed by atoms with Crippen molar-refractivity contribution in [1.29, 1.82) is 0 Å². The molecule has 1 amide bonds. The van der Waals surface area contributed by atoms with E-state index in [0.717, 1.165) is 18.5 Å². The van der Waals surface area contributed by atoms with E-state index in [-0.39, 0.29) is 11.4 Å². The quantitative estimate of drug-likeness (QED) is 0.853. The highest BCUT2D eigenvalue weighted by molar-refractivity contribution is 5.90. The maximum absolute atomic E-state index is 11.5. The summed E-state index contributed by atoms with van der Waals surface area (Å²) in [5.41, 5.74) is 0.725. The van der Waals surface area contributed by atoms with E-state index in [9.17, 15) is 4.79 Å². The number of anilines is 1. The molecule has 16 heavy (non-hydrogen) atoms. The number of aromatic nitrogens is 2. The van der Waals surface area contributed by atoms with Crippen molar-refractivity contribution in [2.75, 3.05) is 5.32 Å². The summed E-state index contributed by atoms with van der Waals surface area (Å²) in [5.74, 6) is 0.0651. The van der Waals surface area contributed by atoms with Gasteiger partial charge >= 0.3 is 0 Å². The first-order valence-corrected chi connectivity index (χ1v) is 5.78. The van der Waals surface area contributed by atoms with Crippen molar-refractivity contribution >= 4 is 11.6 Å². The molecule has 1 aromatic heterocycles. The predicted molar refractivity (Wildman–Crippen MR) is 65.4 cm³/mol. The molecule has 0 radical (unpaired) electrons. The molecule has 1 rings (SSSR count). The normalized spacial score (nSPS) is 11.5. The van der Waals surface area contributed by atoms with Crippen LogP contribution < -0.4 is 5.32 Å². The Morgan fingerprint density at radius 3 is 2.69 bits per heavy atom. The maximum Gasteiger partial charge on any atom is 0.224 e. The first-order chi connectivity index (χ1) is 7.43. The fourth-order valence-electron chi connectivity index (χ4n) is 1.32. The van der Waals surface area contributed by atoms with E-state index >= 15 is 0 Å². The molecule has 4 heteroatoms. The molecule has 0 aliphatic heterocycles. The lowest BCUT2D eigenvalue weighted by Crippen LogP contribution is -2.22. The van der Waals surface area contributed by atoms with Gasteiger partial charge in [-0.05, 0) is 27.2 Å². The van der Waals surface area contributed by atoms with Gasteiger partial charge in [0.1, 0.15) is 0 Å². The van der Waals surface area contributed by atoms with Crippen LogP contribution in [0.3, 0.4) is 0 Å². The largest absolute Gasteiger partial charge is 0.323 e. The van der Waals surface area contributed by atoms with E-state index in [2.05, 4.69) is 38.1 Å². The van der Waals surface area contributed by atoms with Crippen LogP contribution in [0, 0.1) is 0 Å². The van der Waals surface area contributed by atoms with Gasteiger partial charge in [-0.1, -0.05) is 13.3 Å². The molecule has 0 aliphatic rings. The smallest absolute Gasteiger partial charge is 0.224 e. The van der Waals surface area contributed by atoms with Gasteiger partial charge in [0.25, 0.3) is 0 Å². The highest BCUT2D eigenvalue weighted by Gasteiger charge is 2.14. The number of nitrogens with one attached hydrogen (secondary N) is 1. The van der Waals surface area contributed by atoms with E-state index in [0.29, 0.717) is 6.42 Å². The lowest BCUT2D eigenvalue weighted by Gasteiger charge is -2.18. The molecule has 4 nitrogen and oxygen atoms in total. The Labute approximate surface area is 97.0 Å². The third-order valence-corrected chi connectivity index (χ3v) is 2.31. The number of nitrogens with zero attached hydrogens (tertiary/aromatic N) is 2. The van der Waals surface area contributed by atoms with Gasteiger partial charge in [0.2, 0.25) is 5.91 Å².